The van der Waals surface area contributed by atoms with E-state index in [1.807, 2.05) is 40.9 Å². The predicted molar refractivity (Wildman–Crippen MR) is 90.1 cm³/mol. The van der Waals surface area contributed by atoms with Crippen LogP contribution in [0.15, 0.2) is 30.6 Å². The Morgan fingerprint density at radius 1 is 1.46 bits per heavy atom. The number of hydrogen-bond acceptors (Lipinski definition) is 5. The number of carbonyl (C=O) groups is 1. The van der Waals surface area contributed by atoms with Crippen molar-refractivity contribution in [1.29, 1.82) is 0 Å². The minimum Gasteiger partial charge on any atom is -0.399 e. The monoisotopic (exact) mass is 329 g/mol. The van der Waals surface area contributed by atoms with Crippen molar-refractivity contribution in [3.63, 3.8) is 0 Å². The number of pyridine rings is 1. The molecule has 0 bridgehead atoms. The smallest absolute Gasteiger partial charge is 0.222 e. The quantitative estimate of drug-likeness (QED) is 0.899. The number of ether oxygens (including phenoxy) is 1. The van der Waals surface area contributed by atoms with Crippen LogP contribution in [0.4, 0.5) is 5.69 Å². The summed E-state index contributed by atoms with van der Waals surface area (Å²) in [6.07, 6.45) is 4.72. The second-order valence-electron chi connectivity index (χ2n) is 6.04. The van der Waals surface area contributed by atoms with Gasteiger partial charge < -0.3 is 15.4 Å². The van der Waals surface area contributed by atoms with Crippen LogP contribution in [-0.2, 0) is 16.1 Å². The fourth-order valence-corrected chi connectivity index (χ4v) is 2.92. The Balaban J connectivity index is 1.55. The molecule has 1 saturated heterocycles. The highest BCUT2D eigenvalue weighted by molar-refractivity contribution is 5.76. The SMILES string of the molecule is Cc1cc(N)cc([C@@H]2CN(C(=O)CCCn3cccn3)CCO2)n1. The maximum absolute atomic E-state index is 12.4. The van der Waals surface area contributed by atoms with Crippen molar-refractivity contribution in [3.8, 4) is 0 Å². The van der Waals surface area contributed by atoms with E-state index in [0.29, 0.717) is 31.8 Å². The number of amides is 1. The van der Waals surface area contributed by atoms with Gasteiger partial charge >= 0.3 is 0 Å². The van der Waals surface area contributed by atoms with Crippen LogP contribution in [0.25, 0.3) is 0 Å². The van der Waals surface area contributed by atoms with Crippen molar-refractivity contribution in [2.24, 2.45) is 0 Å². The van der Waals surface area contributed by atoms with Gasteiger partial charge in [0, 0.05) is 43.3 Å². The highest BCUT2D eigenvalue weighted by Crippen LogP contribution is 2.23. The number of hydrogen-bond donors (Lipinski definition) is 1. The molecule has 7 heteroatoms. The third kappa shape index (κ3) is 4.11. The molecule has 1 aliphatic heterocycles. The lowest BCUT2D eigenvalue weighted by Crippen LogP contribution is -2.42. The third-order valence-electron chi connectivity index (χ3n) is 4.08. The second-order valence-corrected chi connectivity index (χ2v) is 6.04. The van der Waals surface area contributed by atoms with E-state index in [0.717, 1.165) is 24.4 Å². The molecule has 3 heterocycles. The number of nitrogens with zero attached hydrogens (tertiary/aromatic N) is 4. The van der Waals surface area contributed by atoms with Crippen LogP contribution in [0.1, 0.15) is 30.3 Å². The number of nitrogens with two attached hydrogens (primary N) is 1. The summed E-state index contributed by atoms with van der Waals surface area (Å²) < 4.78 is 7.63. The molecule has 24 heavy (non-hydrogen) atoms. The number of aryl methyl sites for hydroxylation is 2. The van der Waals surface area contributed by atoms with E-state index < -0.39 is 0 Å². The number of carbonyl (C=O) groups excluding carboxylic acids is 1. The zero-order valence-corrected chi connectivity index (χ0v) is 13.9. The molecule has 128 valence electrons. The summed E-state index contributed by atoms with van der Waals surface area (Å²) in [4.78, 5) is 18.8. The van der Waals surface area contributed by atoms with Crippen LogP contribution in [-0.4, -0.2) is 45.3 Å². The molecule has 1 atom stereocenters. The maximum atomic E-state index is 12.4. The van der Waals surface area contributed by atoms with Crippen molar-refractivity contribution in [3.05, 3.63) is 42.0 Å². The Hall–Kier alpha value is -2.41. The number of rotatable bonds is 5. The van der Waals surface area contributed by atoms with Gasteiger partial charge in [-0.05, 0) is 31.5 Å². The van der Waals surface area contributed by atoms with Crippen molar-refractivity contribution in [2.75, 3.05) is 25.4 Å². The van der Waals surface area contributed by atoms with Gasteiger partial charge in [0.15, 0.2) is 0 Å². The first-order chi connectivity index (χ1) is 11.6. The summed E-state index contributed by atoms with van der Waals surface area (Å²) in [5.41, 5.74) is 8.21. The maximum Gasteiger partial charge on any atom is 0.222 e. The summed E-state index contributed by atoms with van der Waals surface area (Å²) in [5.74, 6) is 0.149. The standard InChI is InChI=1S/C17H23N5O2/c1-13-10-14(18)11-15(20-13)16-12-21(8-9-24-16)17(23)4-2-6-22-7-3-5-19-22/h3,5,7,10-11,16H,2,4,6,8-9,12H2,1H3,(H2,18,20)/t16-/m0/s1. The van der Waals surface area contributed by atoms with Crippen molar-refractivity contribution in [2.45, 2.75) is 32.4 Å². The molecule has 1 fully saturated rings. The van der Waals surface area contributed by atoms with Gasteiger partial charge in [0.25, 0.3) is 0 Å². The molecule has 1 aliphatic rings. The first-order valence-corrected chi connectivity index (χ1v) is 8.22. The summed E-state index contributed by atoms with van der Waals surface area (Å²) >= 11 is 0. The third-order valence-corrected chi connectivity index (χ3v) is 4.08. The molecular formula is C17H23N5O2. The van der Waals surface area contributed by atoms with E-state index in [2.05, 4.69) is 10.1 Å². The normalized spacial score (nSPS) is 17.9. The number of morpholine rings is 1. The summed E-state index contributed by atoms with van der Waals surface area (Å²) in [6, 6.07) is 5.53. The van der Waals surface area contributed by atoms with Gasteiger partial charge in [-0.25, -0.2) is 0 Å². The van der Waals surface area contributed by atoms with Crippen molar-refractivity contribution >= 4 is 11.6 Å². The molecule has 0 spiro atoms. The summed E-state index contributed by atoms with van der Waals surface area (Å²) in [6.45, 7) is 4.32. The molecule has 7 nitrogen and oxygen atoms in total. The lowest BCUT2D eigenvalue weighted by atomic mass is 10.1. The molecule has 2 aromatic heterocycles. The van der Waals surface area contributed by atoms with Gasteiger partial charge in [0.2, 0.25) is 5.91 Å². The first kappa shape index (κ1) is 16.4. The highest BCUT2D eigenvalue weighted by atomic mass is 16.5. The van der Waals surface area contributed by atoms with Crippen LogP contribution in [0, 0.1) is 6.92 Å². The lowest BCUT2D eigenvalue weighted by Gasteiger charge is -2.33. The Bertz CT molecular complexity index is 666. The molecule has 2 N–H and O–H groups in total. The van der Waals surface area contributed by atoms with E-state index in [-0.39, 0.29) is 12.0 Å². The van der Waals surface area contributed by atoms with E-state index >= 15 is 0 Å². The zero-order valence-electron chi connectivity index (χ0n) is 13.9. The minimum atomic E-state index is -0.212. The Morgan fingerprint density at radius 2 is 2.33 bits per heavy atom. The van der Waals surface area contributed by atoms with Gasteiger partial charge in [0.05, 0.1) is 18.8 Å². The van der Waals surface area contributed by atoms with Gasteiger partial charge in [-0.3, -0.25) is 14.5 Å². The second kappa shape index (κ2) is 7.44. The highest BCUT2D eigenvalue weighted by Gasteiger charge is 2.26. The molecule has 0 unspecified atom stereocenters. The van der Waals surface area contributed by atoms with Gasteiger partial charge in [-0.2, -0.15) is 5.10 Å². The van der Waals surface area contributed by atoms with E-state index in [9.17, 15) is 4.79 Å². The Kier molecular flexibility index (Phi) is 5.10. The number of anilines is 1. The van der Waals surface area contributed by atoms with E-state index in [1.165, 1.54) is 0 Å². The summed E-state index contributed by atoms with van der Waals surface area (Å²) in [7, 11) is 0. The van der Waals surface area contributed by atoms with Gasteiger partial charge in [-0.15, -0.1) is 0 Å². The Labute approximate surface area is 141 Å². The van der Waals surface area contributed by atoms with Crippen LogP contribution in [0.2, 0.25) is 0 Å². The van der Waals surface area contributed by atoms with Crippen LogP contribution in [0.3, 0.4) is 0 Å². The van der Waals surface area contributed by atoms with Crippen molar-refractivity contribution < 1.29 is 9.53 Å². The molecule has 1 amide bonds. The minimum absolute atomic E-state index is 0.149. The number of nitrogen functional groups attached to an aromatic ring is 1. The molecule has 0 aromatic carbocycles. The largest absolute Gasteiger partial charge is 0.399 e. The van der Waals surface area contributed by atoms with Crippen molar-refractivity contribution in [1.82, 2.24) is 19.7 Å². The van der Waals surface area contributed by atoms with Gasteiger partial charge in [-0.1, -0.05) is 0 Å². The molecule has 0 saturated carbocycles. The average molecular weight is 329 g/mol. The molecule has 0 aliphatic carbocycles. The molecule has 2 aromatic rings. The average Bonchev–Trinajstić information content (AvgIpc) is 3.07. The fourth-order valence-electron chi connectivity index (χ4n) is 2.92. The molecule has 0 radical (unpaired) electrons. The number of aromatic nitrogens is 3. The van der Waals surface area contributed by atoms with Crippen LogP contribution < -0.4 is 5.73 Å². The fraction of sp³-hybridized carbons (Fsp3) is 0.471. The zero-order chi connectivity index (χ0) is 16.9. The summed E-state index contributed by atoms with van der Waals surface area (Å²) in [5, 5.41) is 4.15. The first-order valence-electron chi connectivity index (χ1n) is 8.22. The molecular weight excluding hydrogens is 306 g/mol. The van der Waals surface area contributed by atoms with Gasteiger partial charge in [0.1, 0.15) is 6.10 Å². The van der Waals surface area contributed by atoms with E-state index in [4.69, 9.17) is 10.5 Å². The predicted octanol–water partition coefficient (Wildman–Crippen LogP) is 1.55. The topological polar surface area (TPSA) is 86.3 Å². The van der Waals surface area contributed by atoms with E-state index in [1.54, 1.807) is 6.20 Å². The lowest BCUT2D eigenvalue weighted by molar-refractivity contribution is -0.139. The molecule has 3 rings (SSSR count). The Morgan fingerprint density at radius 3 is 3.08 bits per heavy atom. The van der Waals surface area contributed by atoms with Crippen LogP contribution in [0.5, 0.6) is 0 Å². The van der Waals surface area contributed by atoms with Crippen LogP contribution >= 0.6 is 0 Å².